The molecule has 1 aliphatic carbocycles. The highest BCUT2D eigenvalue weighted by Gasteiger charge is 2.34. The van der Waals surface area contributed by atoms with E-state index in [2.05, 4.69) is 9.97 Å². The van der Waals surface area contributed by atoms with E-state index >= 15 is 0 Å². The summed E-state index contributed by atoms with van der Waals surface area (Å²) in [7, 11) is 0. The fourth-order valence-corrected chi connectivity index (χ4v) is 2.66. The van der Waals surface area contributed by atoms with E-state index in [1.165, 1.54) is 0 Å². The summed E-state index contributed by atoms with van der Waals surface area (Å²) in [6.45, 7) is 1.06. The van der Waals surface area contributed by atoms with Crippen LogP contribution in [0.4, 0.5) is 13.2 Å². The first-order valence-corrected chi connectivity index (χ1v) is 7.76. The standard InChI is InChI=1S/C15H18F3N3O2/c16-15(17,18)12-5-6-19-14(20-12)23-11-2-1-7-21(9-11)13(22)8-10-3-4-10/h5-6,10-11H,1-4,7-9H2. The second-order valence-electron chi connectivity index (χ2n) is 6.09. The van der Waals surface area contributed by atoms with Crippen molar-refractivity contribution in [2.75, 3.05) is 13.1 Å². The first-order valence-electron chi connectivity index (χ1n) is 7.76. The summed E-state index contributed by atoms with van der Waals surface area (Å²) >= 11 is 0. The lowest BCUT2D eigenvalue weighted by Crippen LogP contribution is -2.44. The number of carbonyl (C=O) groups excluding carboxylic acids is 1. The van der Waals surface area contributed by atoms with Gasteiger partial charge in [0.2, 0.25) is 5.91 Å². The van der Waals surface area contributed by atoms with E-state index in [9.17, 15) is 18.0 Å². The zero-order valence-corrected chi connectivity index (χ0v) is 12.6. The molecule has 1 atom stereocenters. The Labute approximate surface area is 131 Å². The molecule has 2 aliphatic rings. The van der Waals surface area contributed by atoms with Crippen LogP contribution in [0.3, 0.4) is 0 Å². The molecular weight excluding hydrogens is 311 g/mol. The van der Waals surface area contributed by atoms with Crippen LogP contribution in [0.15, 0.2) is 12.3 Å². The van der Waals surface area contributed by atoms with E-state index < -0.39 is 11.9 Å². The minimum atomic E-state index is -4.53. The van der Waals surface area contributed by atoms with Gasteiger partial charge >= 0.3 is 12.2 Å². The van der Waals surface area contributed by atoms with Crippen LogP contribution in [0, 0.1) is 5.92 Å². The van der Waals surface area contributed by atoms with E-state index in [1.807, 2.05) is 0 Å². The Morgan fingerprint density at radius 3 is 2.83 bits per heavy atom. The third kappa shape index (κ3) is 4.33. The van der Waals surface area contributed by atoms with Crippen LogP contribution in [0.1, 0.15) is 37.8 Å². The van der Waals surface area contributed by atoms with Crippen LogP contribution in [0.25, 0.3) is 0 Å². The van der Waals surface area contributed by atoms with E-state index in [0.29, 0.717) is 31.8 Å². The van der Waals surface area contributed by atoms with Crippen LogP contribution >= 0.6 is 0 Å². The molecule has 1 saturated carbocycles. The topological polar surface area (TPSA) is 55.3 Å². The van der Waals surface area contributed by atoms with Crippen molar-refractivity contribution in [3.63, 3.8) is 0 Å². The van der Waals surface area contributed by atoms with Crippen molar-refractivity contribution in [1.82, 2.24) is 14.9 Å². The molecule has 8 heteroatoms. The number of halogens is 3. The number of amides is 1. The highest BCUT2D eigenvalue weighted by atomic mass is 19.4. The van der Waals surface area contributed by atoms with Gasteiger partial charge in [-0.1, -0.05) is 0 Å². The number of hydrogen-bond acceptors (Lipinski definition) is 4. The number of carbonyl (C=O) groups is 1. The quantitative estimate of drug-likeness (QED) is 0.852. The van der Waals surface area contributed by atoms with Gasteiger partial charge in [-0.15, -0.1) is 0 Å². The first-order chi connectivity index (χ1) is 10.9. The van der Waals surface area contributed by atoms with Gasteiger partial charge in [-0.25, -0.2) is 4.98 Å². The number of nitrogens with zero attached hydrogens (tertiary/aromatic N) is 3. The molecule has 1 aliphatic heterocycles. The fourth-order valence-electron chi connectivity index (χ4n) is 2.66. The van der Waals surface area contributed by atoms with Gasteiger partial charge < -0.3 is 9.64 Å². The lowest BCUT2D eigenvalue weighted by molar-refractivity contribution is -0.141. The van der Waals surface area contributed by atoms with Gasteiger partial charge in [-0.05, 0) is 37.7 Å². The highest BCUT2D eigenvalue weighted by molar-refractivity contribution is 5.76. The molecule has 23 heavy (non-hydrogen) atoms. The molecule has 126 valence electrons. The van der Waals surface area contributed by atoms with E-state index in [0.717, 1.165) is 31.5 Å². The van der Waals surface area contributed by atoms with Crippen molar-refractivity contribution in [2.24, 2.45) is 5.92 Å². The molecule has 0 N–H and O–H groups in total. The minimum Gasteiger partial charge on any atom is -0.458 e. The maximum Gasteiger partial charge on any atom is 0.433 e. The smallest absolute Gasteiger partial charge is 0.433 e. The number of likely N-dealkylation sites (tertiary alicyclic amines) is 1. The summed E-state index contributed by atoms with van der Waals surface area (Å²) in [6.07, 6.45) is 0.356. The average molecular weight is 329 g/mol. The van der Waals surface area contributed by atoms with Crippen LogP contribution in [-0.2, 0) is 11.0 Å². The molecule has 5 nitrogen and oxygen atoms in total. The SMILES string of the molecule is O=C(CC1CC1)N1CCCC(Oc2nccc(C(F)(F)F)n2)C1. The van der Waals surface area contributed by atoms with Crippen LogP contribution < -0.4 is 4.74 Å². The van der Waals surface area contributed by atoms with Gasteiger partial charge in [-0.3, -0.25) is 4.79 Å². The van der Waals surface area contributed by atoms with Crippen molar-refractivity contribution in [1.29, 1.82) is 0 Å². The lowest BCUT2D eigenvalue weighted by atomic mass is 10.1. The molecule has 2 fully saturated rings. The van der Waals surface area contributed by atoms with Crippen molar-refractivity contribution in [2.45, 2.75) is 44.4 Å². The monoisotopic (exact) mass is 329 g/mol. The molecule has 1 aromatic heterocycles. The van der Waals surface area contributed by atoms with Crippen LogP contribution in [-0.4, -0.2) is 40.0 Å². The van der Waals surface area contributed by atoms with Crippen LogP contribution in [0.2, 0.25) is 0 Å². The third-order valence-electron chi connectivity index (χ3n) is 4.09. The molecular formula is C15H18F3N3O2. The number of aromatic nitrogens is 2. The highest BCUT2D eigenvalue weighted by Crippen LogP contribution is 2.33. The maximum atomic E-state index is 12.6. The summed E-state index contributed by atoms with van der Waals surface area (Å²) in [6, 6.07) is 0.514. The summed E-state index contributed by atoms with van der Waals surface area (Å²) in [5, 5.41) is 0. The molecule has 0 aromatic carbocycles. The Hall–Kier alpha value is -1.86. The number of alkyl halides is 3. The number of piperidine rings is 1. The van der Waals surface area contributed by atoms with Crippen molar-refractivity contribution < 1.29 is 22.7 Å². The number of ether oxygens (including phenoxy) is 1. The summed E-state index contributed by atoms with van der Waals surface area (Å²) in [5.41, 5.74) is -1.03. The van der Waals surface area contributed by atoms with Gasteiger partial charge in [0.05, 0.1) is 6.54 Å². The van der Waals surface area contributed by atoms with Crippen molar-refractivity contribution in [3.8, 4) is 6.01 Å². The predicted octanol–water partition coefficient (Wildman–Crippen LogP) is 2.67. The molecule has 1 unspecified atom stereocenters. The summed E-state index contributed by atoms with van der Waals surface area (Å²) < 4.78 is 43.4. The maximum absolute atomic E-state index is 12.6. The zero-order valence-electron chi connectivity index (χ0n) is 12.6. The fraction of sp³-hybridized carbons (Fsp3) is 0.667. The summed E-state index contributed by atoms with van der Waals surface area (Å²) in [4.78, 5) is 21.0. The van der Waals surface area contributed by atoms with Crippen LogP contribution in [0.5, 0.6) is 6.01 Å². The Morgan fingerprint density at radius 2 is 2.13 bits per heavy atom. The van der Waals surface area contributed by atoms with E-state index in [1.54, 1.807) is 4.90 Å². The normalized spacial score (nSPS) is 22.0. The zero-order chi connectivity index (χ0) is 16.4. The number of hydrogen-bond donors (Lipinski definition) is 0. The molecule has 0 spiro atoms. The molecule has 1 saturated heterocycles. The first kappa shape index (κ1) is 16.0. The molecule has 0 bridgehead atoms. The number of rotatable bonds is 4. The molecule has 1 aromatic rings. The second kappa shape index (κ2) is 6.33. The summed E-state index contributed by atoms with van der Waals surface area (Å²) in [5.74, 6) is 0.612. The Bertz CT molecular complexity index is 575. The predicted molar refractivity (Wildman–Crippen MR) is 74.6 cm³/mol. The molecule has 2 heterocycles. The largest absolute Gasteiger partial charge is 0.458 e. The van der Waals surface area contributed by atoms with Gasteiger partial charge in [0, 0.05) is 19.2 Å². The van der Waals surface area contributed by atoms with Crippen molar-refractivity contribution in [3.05, 3.63) is 18.0 Å². The lowest BCUT2D eigenvalue weighted by Gasteiger charge is -2.32. The Balaban J connectivity index is 1.60. The van der Waals surface area contributed by atoms with E-state index in [4.69, 9.17) is 4.74 Å². The molecule has 3 rings (SSSR count). The average Bonchev–Trinajstić information content (AvgIpc) is 3.31. The molecule has 0 radical (unpaired) electrons. The second-order valence-corrected chi connectivity index (χ2v) is 6.09. The van der Waals surface area contributed by atoms with Crippen molar-refractivity contribution >= 4 is 5.91 Å². The van der Waals surface area contributed by atoms with Gasteiger partial charge in [0.15, 0.2) is 5.69 Å². The van der Waals surface area contributed by atoms with Gasteiger partial charge in [0.1, 0.15) is 6.10 Å². The Morgan fingerprint density at radius 1 is 1.35 bits per heavy atom. The molecule has 1 amide bonds. The Kier molecular flexibility index (Phi) is 4.41. The van der Waals surface area contributed by atoms with Gasteiger partial charge in [-0.2, -0.15) is 18.2 Å². The van der Waals surface area contributed by atoms with Gasteiger partial charge in [0.25, 0.3) is 0 Å². The van der Waals surface area contributed by atoms with E-state index in [-0.39, 0.29) is 18.0 Å². The minimum absolute atomic E-state index is 0.103. The third-order valence-corrected chi connectivity index (χ3v) is 4.09.